The third kappa shape index (κ3) is 5.10. The van der Waals surface area contributed by atoms with Crippen LogP contribution in [0.3, 0.4) is 0 Å². The summed E-state index contributed by atoms with van der Waals surface area (Å²) < 4.78 is 34.0. The molecule has 0 aliphatic carbocycles. The summed E-state index contributed by atoms with van der Waals surface area (Å²) in [6, 6.07) is 25.2. The molecule has 1 aliphatic heterocycles. The van der Waals surface area contributed by atoms with Crippen LogP contribution < -0.4 is 10.1 Å². The summed E-state index contributed by atoms with van der Waals surface area (Å²) in [5.41, 5.74) is 1.81. The van der Waals surface area contributed by atoms with E-state index in [2.05, 4.69) is 5.32 Å². The first-order valence-electron chi connectivity index (χ1n) is 11.0. The van der Waals surface area contributed by atoms with Crippen molar-refractivity contribution in [3.8, 4) is 5.75 Å². The Morgan fingerprint density at radius 2 is 1.58 bits per heavy atom. The summed E-state index contributed by atoms with van der Waals surface area (Å²) in [7, 11) is -2.18. The van der Waals surface area contributed by atoms with Gasteiger partial charge in [0.1, 0.15) is 5.75 Å². The molecule has 3 aromatic rings. The number of hydrogen-bond acceptors (Lipinski definition) is 4. The molecule has 0 bridgehead atoms. The van der Waals surface area contributed by atoms with Crippen molar-refractivity contribution >= 4 is 15.9 Å². The van der Waals surface area contributed by atoms with Gasteiger partial charge < -0.3 is 10.1 Å². The molecule has 7 heteroatoms. The molecule has 2 unspecified atom stereocenters. The van der Waals surface area contributed by atoms with E-state index in [1.54, 1.807) is 37.4 Å². The number of methoxy groups -OCH3 is 1. The lowest BCUT2D eigenvalue weighted by Gasteiger charge is -2.38. The predicted octanol–water partition coefficient (Wildman–Crippen LogP) is 4.15. The minimum absolute atomic E-state index is 0.133. The molecule has 1 saturated heterocycles. The number of amides is 1. The first kappa shape index (κ1) is 23.0. The van der Waals surface area contributed by atoms with E-state index in [1.165, 1.54) is 4.31 Å². The minimum Gasteiger partial charge on any atom is -0.496 e. The maximum Gasteiger partial charge on any atom is 0.243 e. The van der Waals surface area contributed by atoms with Gasteiger partial charge in [-0.2, -0.15) is 4.31 Å². The van der Waals surface area contributed by atoms with Gasteiger partial charge in [-0.25, -0.2) is 8.42 Å². The van der Waals surface area contributed by atoms with Gasteiger partial charge in [-0.05, 0) is 36.6 Å². The zero-order chi connectivity index (χ0) is 23.3. The minimum atomic E-state index is -3.77. The fourth-order valence-electron chi connectivity index (χ4n) is 4.33. The Bertz CT molecular complexity index is 1180. The number of carbonyl (C=O) groups excluding carboxylic acids is 1. The lowest BCUT2D eigenvalue weighted by atomic mass is 9.90. The highest BCUT2D eigenvalue weighted by Gasteiger charge is 2.39. The third-order valence-corrected chi connectivity index (χ3v) is 7.98. The number of para-hydroxylation sites is 1. The average Bonchev–Trinajstić information content (AvgIpc) is 2.88. The smallest absolute Gasteiger partial charge is 0.243 e. The van der Waals surface area contributed by atoms with Crippen LogP contribution in [0.5, 0.6) is 5.75 Å². The topological polar surface area (TPSA) is 75.7 Å². The van der Waals surface area contributed by atoms with Crippen molar-refractivity contribution in [2.75, 3.05) is 13.7 Å². The molecule has 1 N–H and O–H groups in total. The number of sulfonamides is 1. The average molecular weight is 465 g/mol. The van der Waals surface area contributed by atoms with Crippen molar-refractivity contribution in [1.29, 1.82) is 0 Å². The van der Waals surface area contributed by atoms with E-state index in [4.69, 9.17) is 4.74 Å². The van der Waals surface area contributed by atoms with E-state index in [9.17, 15) is 13.2 Å². The molecule has 33 heavy (non-hydrogen) atoms. The van der Waals surface area contributed by atoms with Crippen molar-refractivity contribution in [3.63, 3.8) is 0 Å². The highest BCUT2D eigenvalue weighted by molar-refractivity contribution is 7.89. The maximum atomic E-state index is 13.6. The second-order valence-corrected chi connectivity index (χ2v) is 10.0. The molecule has 0 aromatic heterocycles. The molecule has 0 radical (unpaired) electrons. The van der Waals surface area contributed by atoms with E-state index in [0.29, 0.717) is 25.1 Å². The van der Waals surface area contributed by atoms with Crippen LogP contribution in [-0.2, 0) is 21.4 Å². The highest BCUT2D eigenvalue weighted by Crippen LogP contribution is 2.37. The summed E-state index contributed by atoms with van der Waals surface area (Å²) in [5.74, 6) is 0.123. The normalized spacial score (nSPS) is 19.1. The van der Waals surface area contributed by atoms with Crippen LogP contribution in [0.1, 0.15) is 30.0 Å². The fraction of sp³-hybridized carbons (Fsp3) is 0.269. The molecular formula is C26H28N2O4S. The van der Waals surface area contributed by atoms with Crippen molar-refractivity contribution in [2.45, 2.75) is 30.3 Å². The van der Waals surface area contributed by atoms with Gasteiger partial charge >= 0.3 is 0 Å². The Kier molecular flexibility index (Phi) is 7.11. The molecule has 1 fully saturated rings. The molecule has 3 aromatic carbocycles. The van der Waals surface area contributed by atoms with Gasteiger partial charge in [0, 0.05) is 18.7 Å². The number of piperidine rings is 1. The van der Waals surface area contributed by atoms with Gasteiger partial charge in [0.2, 0.25) is 15.9 Å². The van der Waals surface area contributed by atoms with Crippen LogP contribution in [-0.4, -0.2) is 32.3 Å². The Hall–Kier alpha value is -3.16. The van der Waals surface area contributed by atoms with Gasteiger partial charge in [0.25, 0.3) is 0 Å². The zero-order valence-electron chi connectivity index (χ0n) is 18.6. The Balaban J connectivity index is 1.56. The van der Waals surface area contributed by atoms with Gasteiger partial charge in [0.05, 0.1) is 24.0 Å². The summed E-state index contributed by atoms with van der Waals surface area (Å²) >= 11 is 0. The van der Waals surface area contributed by atoms with Crippen LogP contribution in [0.2, 0.25) is 0 Å². The fourth-order valence-corrected chi connectivity index (χ4v) is 6.04. The Morgan fingerprint density at radius 3 is 2.27 bits per heavy atom. The number of nitrogens with zero attached hydrogens (tertiary/aromatic N) is 1. The van der Waals surface area contributed by atoms with Crippen LogP contribution in [0.4, 0.5) is 0 Å². The quantitative estimate of drug-likeness (QED) is 0.570. The lowest BCUT2D eigenvalue weighted by molar-refractivity contribution is -0.126. The summed E-state index contributed by atoms with van der Waals surface area (Å²) in [5, 5.41) is 2.97. The van der Waals surface area contributed by atoms with Gasteiger partial charge in [-0.15, -0.1) is 0 Å². The van der Waals surface area contributed by atoms with Gasteiger partial charge in [-0.1, -0.05) is 66.7 Å². The van der Waals surface area contributed by atoms with Crippen LogP contribution in [0.15, 0.2) is 89.8 Å². The molecule has 1 heterocycles. The van der Waals surface area contributed by atoms with E-state index in [1.807, 2.05) is 54.6 Å². The molecule has 6 nitrogen and oxygen atoms in total. The standard InChI is InChI=1S/C26H28N2O4S/c1-32-25-15-9-8-12-21(25)18-27-26(29)22-16-17-24(20-10-4-2-5-11-20)28(19-22)33(30,31)23-13-6-3-7-14-23/h2-15,22,24H,16-19H2,1H3,(H,27,29). The predicted molar refractivity (Wildman–Crippen MR) is 127 cm³/mol. The second-order valence-electron chi connectivity index (χ2n) is 8.12. The number of hydrogen-bond donors (Lipinski definition) is 1. The number of ether oxygens (including phenoxy) is 1. The number of rotatable bonds is 7. The number of carbonyl (C=O) groups is 1. The van der Waals surface area contributed by atoms with Crippen molar-refractivity contribution in [2.24, 2.45) is 5.92 Å². The van der Waals surface area contributed by atoms with E-state index in [-0.39, 0.29) is 23.4 Å². The number of nitrogens with one attached hydrogen (secondary N) is 1. The van der Waals surface area contributed by atoms with Gasteiger partial charge in [0.15, 0.2) is 0 Å². The largest absolute Gasteiger partial charge is 0.496 e. The molecule has 0 saturated carbocycles. The molecule has 2 atom stereocenters. The molecule has 1 amide bonds. The first-order chi connectivity index (χ1) is 16.0. The van der Waals surface area contributed by atoms with Gasteiger partial charge in [-0.3, -0.25) is 4.79 Å². The van der Waals surface area contributed by atoms with Crippen LogP contribution in [0.25, 0.3) is 0 Å². The summed E-state index contributed by atoms with van der Waals surface area (Å²) in [6.45, 7) is 0.460. The van der Waals surface area contributed by atoms with E-state index >= 15 is 0 Å². The van der Waals surface area contributed by atoms with E-state index in [0.717, 1.165) is 11.1 Å². The second kappa shape index (κ2) is 10.2. The molecule has 172 valence electrons. The maximum absolute atomic E-state index is 13.6. The van der Waals surface area contributed by atoms with Crippen molar-refractivity contribution < 1.29 is 17.9 Å². The van der Waals surface area contributed by atoms with Crippen LogP contribution >= 0.6 is 0 Å². The zero-order valence-corrected chi connectivity index (χ0v) is 19.4. The van der Waals surface area contributed by atoms with Crippen LogP contribution in [0, 0.1) is 5.92 Å². The molecule has 1 aliphatic rings. The monoisotopic (exact) mass is 464 g/mol. The lowest BCUT2D eigenvalue weighted by Crippen LogP contribution is -2.46. The Labute approximate surface area is 195 Å². The van der Waals surface area contributed by atoms with Crippen molar-refractivity contribution in [1.82, 2.24) is 9.62 Å². The highest BCUT2D eigenvalue weighted by atomic mass is 32.2. The summed E-state index contributed by atoms with van der Waals surface area (Å²) in [6.07, 6.45) is 1.18. The molecule has 4 rings (SSSR count). The molecule has 0 spiro atoms. The van der Waals surface area contributed by atoms with Crippen molar-refractivity contribution in [3.05, 3.63) is 96.1 Å². The number of benzene rings is 3. The first-order valence-corrected chi connectivity index (χ1v) is 12.5. The molecular weight excluding hydrogens is 436 g/mol. The summed E-state index contributed by atoms with van der Waals surface area (Å²) in [4.78, 5) is 13.3. The third-order valence-electron chi connectivity index (χ3n) is 6.09. The Morgan fingerprint density at radius 1 is 0.939 bits per heavy atom. The van der Waals surface area contributed by atoms with E-state index < -0.39 is 15.9 Å². The SMILES string of the molecule is COc1ccccc1CNC(=O)C1CCC(c2ccccc2)N(S(=O)(=O)c2ccccc2)C1.